The molecule has 3 heterocycles. The first-order chi connectivity index (χ1) is 12.7. The number of pyridine rings is 1. The molecule has 134 valence electrons. The molecule has 0 unspecified atom stereocenters. The third kappa shape index (κ3) is 3.41. The van der Waals surface area contributed by atoms with Crippen LogP contribution in [0.2, 0.25) is 0 Å². The maximum atomic E-state index is 12.8. The van der Waals surface area contributed by atoms with Crippen molar-refractivity contribution in [1.29, 1.82) is 0 Å². The Kier molecular flexibility index (Phi) is 4.58. The molecule has 1 N–H and O–H groups in total. The van der Waals surface area contributed by atoms with Gasteiger partial charge in [0.15, 0.2) is 0 Å². The maximum absolute atomic E-state index is 12.8. The van der Waals surface area contributed by atoms with Crippen LogP contribution in [0, 0.1) is 0 Å². The van der Waals surface area contributed by atoms with Crippen LogP contribution in [0.4, 0.5) is 0 Å². The van der Waals surface area contributed by atoms with Crippen molar-refractivity contribution in [2.75, 3.05) is 33.3 Å². The summed E-state index contributed by atoms with van der Waals surface area (Å²) in [6.07, 6.45) is 3.74. The van der Waals surface area contributed by atoms with Crippen molar-refractivity contribution >= 4 is 16.8 Å². The fraction of sp³-hybridized carbons (Fsp3) is 0.300. The number of carbonyl (C=O) groups excluding carboxylic acids is 1. The number of nitrogens with one attached hydrogen (secondary N) is 1. The van der Waals surface area contributed by atoms with E-state index in [4.69, 9.17) is 4.74 Å². The molecule has 0 spiro atoms. The highest BCUT2D eigenvalue weighted by Gasteiger charge is 2.22. The predicted octanol–water partition coefficient (Wildman–Crippen LogP) is 2.53. The summed E-state index contributed by atoms with van der Waals surface area (Å²) in [7, 11) is 1.62. The molecule has 6 nitrogen and oxygen atoms in total. The number of aromatic nitrogens is 2. The summed E-state index contributed by atoms with van der Waals surface area (Å²) in [6, 6.07) is 11.7. The number of ether oxygens (including phenoxy) is 1. The van der Waals surface area contributed by atoms with E-state index in [-0.39, 0.29) is 5.91 Å². The molecule has 1 aromatic carbocycles. The quantitative estimate of drug-likeness (QED) is 0.785. The van der Waals surface area contributed by atoms with E-state index < -0.39 is 0 Å². The van der Waals surface area contributed by atoms with E-state index in [1.54, 1.807) is 7.11 Å². The molecule has 0 saturated carbocycles. The monoisotopic (exact) mass is 350 g/mol. The van der Waals surface area contributed by atoms with Crippen LogP contribution in [-0.2, 0) is 6.54 Å². The molecular formula is C20H22N4O2. The molecule has 0 radical (unpaired) electrons. The van der Waals surface area contributed by atoms with Crippen molar-refractivity contribution in [3.05, 3.63) is 59.9 Å². The van der Waals surface area contributed by atoms with Crippen molar-refractivity contribution in [3.8, 4) is 5.88 Å². The number of piperazine rings is 1. The lowest BCUT2D eigenvalue weighted by Crippen LogP contribution is -2.48. The summed E-state index contributed by atoms with van der Waals surface area (Å²) in [4.78, 5) is 24.5. The lowest BCUT2D eigenvalue weighted by Gasteiger charge is -2.34. The molecule has 4 rings (SSSR count). The van der Waals surface area contributed by atoms with Gasteiger partial charge in [-0.1, -0.05) is 6.07 Å². The van der Waals surface area contributed by atoms with Crippen LogP contribution in [-0.4, -0.2) is 59.0 Å². The summed E-state index contributed by atoms with van der Waals surface area (Å²) >= 11 is 0. The molecule has 1 fully saturated rings. The number of fused-ring (bicyclic) bond motifs is 1. The Hall–Kier alpha value is -2.86. The second kappa shape index (κ2) is 7.17. The number of hydrogen-bond donors (Lipinski definition) is 1. The van der Waals surface area contributed by atoms with Gasteiger partial charge in [0.2, 0.25) is 5.88 Å². The van der Waals surface area contributed by atoms with Gasteiger partial charge in [-0.05, 0) is 29.8 Å². The first-order valence-electron chi connectivity index (χ1n) is 8.80. The van der Waals surface area contributed by atoms with Gasteiger partial charge in [0, 0.05) is 67.7 Å². The lowest BCUT2D eigenvalue weighted by molar-refractivity contribution is 0.0628. The normalized spacial score (nSPS) is 15.3. The average molecular weight is 350 g/mol. The highest BCUT2D eigenvalue weighted by molar-refractivity contribution is 5.98. The molecular weight excluding hydrogens is 328 g/mol. The zero-order valence-electron chi connectivity index (χ0n) is 14.8. The molecule has 26 heavy (non-hydrogen) atoms. The van der Waals surface area contributed by atoms with Crippen LogP contribution in [0.25, 0.3) is 10.9 Å². The van der Waals surface area contributed by atoms with E-state index in [0.29, 0.717) is 5.88 Å². The molecule has 2 aromatic heterocycles. The van der Waals surface area contributed by atoms with Crippen LogP contribution in [0.15, 0.2) is 48.8 Å². The van der Waals surface area contributed by atoms with E-state index in [2.05, 4.69) is 14.9 Å². The number of rotatable bonds is 4. The van der Waals surface area contributed by atoms with Gasteiger partial charge in [-0.2, -0.15) is 0 Å². The Bertz CT molecular complexity index is 896. The molecule has 1 saturated heterocycles. The Morgan fingerprint density at radius 1 is 1.15 bits per heavy atom. The highest BCUT2D eigenvalue weighted by Crippen LogP contribution is 2.17. The standard InChI is InChI=1S/C20H22N4O2/c1-26-19-5-2-15(13-22-19)14-23-8-10-24(11-9-23)20(25)17-3-4-18-16(12-17)6-7-21-18/h2-7,12-13,21H,8-11,14H2,1H3. The van der Waals surface area contributed by atoms with E-state index in [9.17, 15) is 4.79 Å². The van der Waals surface area contributed by atoms with Gasteiger partial charge in [0.1, 0.15) is 0 Å². The largest absolute Gasteiger partial charge is 0.481 e. The van der Waals surface area contributed by atoms with E-state index >= 15 is 0 Å². The van der Waals surface area contributed by atoms with Crippen LogP contribution >= 0.6 is 0 Å². The maximum Gasteiger partial charge on any atom is 0.253 e. The number of methoxy groups -OCH3 is 1. The SMILES string of the molecule is COc1ccc(CN2CCN(C(=O)c3ccc4[nH]ccc4c3)CC2)cn1. The number of nitrogens with zero attached hydrogens (tertiary/aromatic N) is 3. The Morgan fingerprint density at radius 3 is 2.73 bits per heavy atom. The van der Waals surface area contributed by atoms with Crippen LogP contribution in [0.1, 0.15) is 15.9 Å². The molecule has 3 aromatic rings. The molecule has 0 atom stereocenters. The fourth-order valence-corrected chi connectivity index (χ4v) is 3.36. The Balaban J connectivity index is 1.35. The second-order valence-corrected chi connectivity index (χ2v) is 6.56. The molecule has 6 heteroatoms. The van der Waals surface area contributed by atoms with Gasteiger partial charge in [-0.15, -0.1) is 0 Å². The summed E-state index contributed by atoms with van der Waals surface area (Å²) in [5.74, 6) is 0.738. The molecule has 0 aliphatic carbocycles. The summed E-state index contributed by atoms with van der Waals surface area (Å²) in [5, 5.41) is 1.07. The van der Waals surface area contributed by atoms with E-state index in [0.717, 1.165) is 54.8 Å². The minimum absolute atomic E-state index is 0.110. The fourth-order valence-electron chi connectivity index (χ4n) is 3.36. The Morgan fingerprint density at radius 2 is 2.00 bits per heavy atom. The van der Waals surface area contributed by atoms with E-state index in [1.165, 1.54) is 0 Å². The minimum atomic E-state index is 0.110. The van der Waals surface area contributed by atoms with Crippen molar-refractivity contribution in [3.63, 3.8) is 0 Å². The van der Waals surface area contributed by atoms with Gasteiger partial charge in [-0.25, -0.2) is 4.98 Å². The third-order valence-electron chi connectivity index (χ3n) is 4.87. The first kappa shape index (κ1) is 16.6. The van der Waals surface area contributed by atoms with Crippen LogP contribution in [0.5, 0.6) is 5.88 Å². The highest BCUT2D eigenvalue weighted by atomic mass is 16.5. The number of aromatic amines is 1. The van der Waals surface area contributed by atoms with Gasteiger partial charge in [0.05, 0.1) is 7.11 Å². The number of H-pyrrole nitrogens is 1. The lowest BCUT2D eigenvalue weighted by atomic mass is 10.1. The zero-order chi connectivity index (χ0) is 17.9. The van der Waals surface area contributed by atoms with Crippen LogP contribution in [0.3, 0.4) is 0 Å². The average Bonchev–Trinajstić information content (AvgIpc) is 3.16. The number of benzene rings is 1. The first-order valence-corrected chi connectivity index (χ1v) is 8.80. The van der Waals surface area contributed by atoms with Gasteiger partial charge in [-0.3, -0.25) is 9.69 Å². The summed E-state index contributed by atoms with van der Waals surface area (Å²) in [5.41, 5.74) is 2.97. The molecule has 0 bridgehead atoms. The third-order valence-corrected chi connectivity index (χ3v) is 4.87. The molecule has 1 amide bonds. The smallest absolute Gasteiger partial charge is 0.253 e. The van der Waals surface area contributed by atoms with Gasteiger partial charge in [0.25, 0.3) is 5.91 Å². The van der Waals surface area contributed by atoms with E-state index in [1.807, 2.05) is 53.7 Å². The second-order valence-electron chi connectivity index (χ2n) is 6.56. The number of carbonyl (C=O) groups is 1. The van der Waals surface area contributed by atoms with Gasteiger partial charge >= 0.3 is 0 Å². The number of hydrogen-bond acceptors (Lipinski definition) is 4. The summed E-state index contributed by atoms with van der Waals surface area (Å²) < 4.78 is 5.09. The Labute approximate surface area is 152 Å². The van der Waals surface area contributed by atoms with Crippen molar-refractivity contribution < 1.29 is 9.53 Å². The van der Waals surface area contributed by atoms with Crippen molar-refractivity contribution in [2.24, 2.45) is 0 Å². The topological polar surface area (TPSA) is 61.5 Å². The van der Waals surface area contributed by atoms with Crippen molar-refractivity contribution in [1.82, 2.24) is 19.8 Å². The predicted molar refractivity (Wildman–Crippen MR) is 100 cm³/mol. The zero-order valence-corrected chi connectivity index (χ0v) is 14.8. The van der Waals surface area contributed by atoms with Crippen LogP contribution < -0.4 is 4.74 Å². The van der Waals surface area contributed by atoms with Crippen molar-refractivity contribution in [2.45, 2.75) is 6.54 Å². The summed E-state index contributed by atoms with van der Waals surface area (Å²) in [6.45, 7) is 4.06. The number of amides is 1. The molecule has 1 aliphatic heterocycles. The molecule has 1 aliphatic rings. The van der Waals surface area contributed by atoms with Gasteiger partial charge < -0.3 is 14.6 Å². The minimum Gasteiger partial charge on any atom is -0.481 e.